The quantitative estimate of drug-likeness (QED) is 0.652. The predicted octanol–water partition coefficient (Wildman–Crippen LogP) is 0.974. The molecule has 0 aliphatic rings. The van der Waals surface area contributed by atoms with Crippen LogP contribution in [0.4, 0.5) is 5.69 Å². The molecule has 0 fully saturated rings. The molecule has 132 valence electrons. The Morgan fingerprint density at radius 3 is 2.08 bits per heavy atom. The van der Waals surface area contributed by atoms with Crippen LogP contribution in [-0.4, -0.2) is 39.1 Å². The van der Waals surface area contributed by atoms with Crippen molar-refractivity contribution in [2.24, 2.45) is 0 Å². The molecule has 0 saturated carbocycles. The van der Waals surface area contributed by atoms with Gasteiger partial charge in [-0.05, 0) is 24.3 Å². The summed E-state index contributed by atoms with van der Waals surface area (Å²) in [4.78, 5) is 23.5. The van der Waals surface area contributed by atoms with Crippen LogP contribution in [0.2, 0.25) is 0 Å². The Labute approximate surface area is 146 Å². The maximum atomic E-state index is 11.9. The Bertz CT molecular complexity index is 808. The van der Waals surface area contributed by atoms with Crippen molar-refractivity contribution >= 4 is 27.5 Å². The van der Waals surface area contributed by atoms with E-state index in [4.69, 9.17) is 0 Å². The Kier molecular flexibility index (Phi) is 6.53. The van der Waals surface area contributed by atoms with Crippen LogP contribution >= 0.6 is 0 Å². The Morgan fingerprint density at radius 1 is 0.840 bits per heavy atom. The van der Waals surface area contributed by atoms with Crippen molar-refractivity contribution in [1.82, 2.24) is 10.6 Å². The Hall–Kier alpha value is -2.87. The number of benzene rings is 2. The molecule has 25 heavy (non-hydrogen) atoms. The van der Waals surface area contributed by atoms with Crippen molar-refractivity contribution in [2.75, 3.05) is 23.6 Å². The zero-order valence-electron chi connectivity index (χ0n) is 13.4. The van der Waals surface area contributed by atoms with Gasteiger partial charge in [-0.3, -0.25) is 14.3 Å². The van der Waals surface area contributed by atoms with Crippen LogP contribution in [0, 0.1) is 0 Å². The number of carbonyl (C=O) groups excluding carboxylic acids is 2. The van der Waals surface area contributed by atoms with E-state index in [1.165, 1.54) is 0 Å². The molecule has 2 aromatic rings. The van der Waals surface area contributed by atoms with Gasteiger partial charge in [-0.1, -0.05) is 36.4 Å². The van der Waals surface area contributed by atoms with E-state index in [0.717, 1.165) is 0 Å². The van der Waals surface area contributed by atoms with Crippen molar-refractivity contribution in [2.45, 2.75) is 0 Å². The number of hydrogen-bond acceptors (Lipinski definition) is 4. The molecule has 2 aromatic carbocycles. The molecule has 0 aromatic heterocycles. The first-order valence-electron chi connectivity index (χ1n) is 7.62. The third kappa shape index (κ3) is 6.64. The van der Waals surface area contributed by atoms with Gasteiger partial charge in [0.25, 0.3) is 5.91 Å². The van der Waals surface area contributed by atoms with Gasteiger partial charge in [-0.2, -0.15) is 0 Å². The number of hydrogen-bond donors (Lipinski definition) is 3. The first kappa shape index (κ1) is 18.5. The number of amides is 2. The van der Waals surface area contributed by atoms with E-state index in [0.29, 0.717) is 11.3 Å². The van der Waals surface area contributed by atoms with Crippen LogP contribution in [0.15, 0.2) is 60.7 Å². The molecular weight excluding hydrogens is 342 g/mol. The highest BCUT2D eigenvalue weighted by atomic mass is 32.2. The molecule has 2 rings (SSSR count). The maximum absolute atomic E-state index is 11.9. The van der Waals surface area contributed by atoms with E-state index in [2.05, 4.69) is 15.4 Å². The molecule has 0 heterocycles. The van der Waals surface area contributed by atoms with E-state index >= 15 is 0 Å². The van der Waals surface area contributed by atoms with Crippen LogP contribution < -0.4 is 15.4 Å². The minimum Gasteiger partial charge on any atom is -0.353 e. The molecule has 0 aliphatic carbocycles. The highest BCUT2D eigenvalue weighted by Gasteiger charge is 2.12. The van der Waals surface area contributed by atoms with Crippen molar-refractivity contribution < 1.29 is 18.0 Å². The highest BCUT2D eigenvalue weighted by molar-refractivity contribution is 7.92. The van der Waals surface area contributed by atoms with E-state index in [1.54, 1.807) is 60.7 Å². The molecule has 2 amide bonds. The third-order valence-electron chi connectivity index (χ3n) is 3.19. The Balaban J connectivity index is 1.70. The molecule has 0 bridgehead atoms. The molecule has 3 N–H and O–H groups in total. The lowest BCUT2D eigenvalue weighted by atomic mass is 10.2. The highest BCUT2D eigenvalue weighted by Crippen LogP contribution is 2.07. The summed E-state index contributed by atoms with van der Waals surface area (Å²) in [6.45, 7) is -0.276. The van der Waals surface area contributed by atoms with Crippen LogP contribution in [0.5, 0.6) is 0 Å². The molecule has 0 unspecified atom stereocenters. The lowest BCUT2D eigenvalue weighted by molar-refractivity contribution is -0.120. The number of anilines is 1. The van der Waals surface area contributed by atoms with Gasteiger partial charge in [0, 0.05) is 17.8 Å². The predicted molar refractivity (Wildman–Crippen MR) is 95.6 cm³/mol. The second kappa shape index (κ2) is 8.84. The number of rotatable bonds is 8. The lowest BCUT2D eigenvalue weighted by Crippen LogP contribution is -2.39. The summed E-state index contributed by atoms with van der Waals surface area (Å²) < 4.78 is 26.2. The summed E-state index contributed by atoms with van der Waals surface area (Å²) in [5.74, 6) is -1.09. The molecule has 7 nitrogen and oxygen atoms in total. The SMILES string of the molecule is O=C(CNC(=O)c1ccccc1)NCCS(=O)(=O)Nc1ccccc1. The van der Waals surface area contributed by atoms with Crippen LogP contribution in [-0.2, 0) is 14.8 Å². The average Bonchev–Trinajstić information content (AvgIpc) is 2.60. The summed E-state index contributed by atoms with van der Waals surface area (Å²) in [7, 11) is -3.56. The fraction of sp³-hybridized carbons (Fsp3) is 0.176. The average molecular weight is 361 g/mol. The third-order valence-corrected chi connectivity index (χ3v) is 4.47. The standard InChI is InChI=1S/C17H19N3O4S/c21-16(13-19-17(22)14-7-3-1-4-8-14)18-11-12-25(23,24)20-15-9-5-2-6-10-15/h1-10,20H,11-13H2,(H,18,21)(H,19,22). The van der Waals surface area contributed by atoms with Crippen molar-refractivity contribution in [3.8, 4) is 0 Å². The van der Waals surface area contributed by atoms with Gasteiger partial charge in [0.1, 0.15) is 0 Å². The van der Waals surface area contributed by atoms with E-state index in [-0.39, 0.29) is 24.7 Å². The smallest absolute Gasteiger partial charge is 0.251 e. The topological polar surface area (TPSA) is 104 Å². The largest absolute Gasteiger partial charge is 0.353 e. The fourth-order valence-electron chi connectivity index (χ4n) is 1.98. The van der Waals surface area contributed by atoms with Gasteiger partial charge in [0.05, 0.1) is 12.3 Å². The van der Waals surface area contributed by atoms with Gasteiger partial charge in [0.15, 0.2) is 0 Å². The van der Waals surface area contributed by atoms with Crippen LogP contribution in [0.3, 0.4) is 0 Å². The zero-order valence-corrected chi connectivity index (χ0v) is 14.3. The lowest BCUT2D eigenvalue weighted by Gasteiger charge is -2.09. The Morgan fingerprint density at radius 2 is 1.44 bits per heavy atom. The van der Waals surface area contributed by atoms with Gasteiger partial charge in [-0.25, -0.2) is 8.42 Å². The molecular formula is C17H19N3O4S. The summed E-state index contributed by atoms with van der Waals surface area (Å²) in [5, 5.41) is 4.93. The molecule has 0 radical (unpaired) electrons. The number of nitrogens with one attached hydrogen (secondary N) is 3. The first-order valence-corrected chi connectivity index (χ1v) is 9.27. The van der Waals surface area contributed by atoms with Crippen LogP contribution in [0.25, 0.3) is 0 Å². The van der Waals surface area contributed by atoms with E-state index in [9.17, 15) is 18.0 Å². The molecule has 0 saturated heterocycles. The monoisotopic (exact) mass is 361 g/mol. The molecule has 0 spiro atoms. The number of para-hydroxylation sites is 1. The van der Waals surface area contributed by atoms with E-state index < -0.39 is 15.9 Å². The fourth-order valence-corrected chi connectivity index (χ4v) is 2.94. The minimum atomic E-state index is -3.56. The zero-order chi connectivity index (χ0) is 18.1. The van der Waals surface area contributed by atoms with Crippen molar-refractivity contribution in [3.05, 3.63) is 66.2 Å². The molecule has 0 atom stereocenters. The summed E-state index contributed by atoms with van der Waals surface area (Å²) in [6, 6.07) is 17.0. The summed E-state index contributed by atoms with van der Waals surface area (Å²) in [5.41, 5.74) is 0.911. The summed E-state index contributed by atoms with van der Waals surface area (Å²) >= 11 is 0. The minimum absolute atomic E-state index is 0.0534. The van der Waals surface area contributed by atoms with Crippen molar-refractivity contribution in [3.63, 3.8) is 0 Å². The molecule has 8 heteroatoms. The van der Waals surface area contributed by atoms with Gasteiger partial charge >= 0.3 is 0 Å². The summed E-state index contributed by atoms with van der Waals surface area (Å²) in [6.07, 6.45) is 0. The van der Waals surface area contributed by atoms with Gasteiger partial charge < -0.3 is 10.6 Å². The van der Waals surface area contributed by atoms with Gasteiger partial charge in [-0.15, -0.1) is 0 Å². The van der Waals surface area contributed by atoms with E-state index in [1.807, 2.05) is 0 Å². The second-order valence-electron chi connectivity index (χ2n) is 5.19. The molecule has 0 aliphatic heterocycles. The number of sulfonamides is 1. The van der Waals surface area contributed by atoms with Crippen molar-refractivity contribution in [1.29, 1.82) is 0 Å². The first-order chi connectivity index (χ1) is 12.0. The maximum Gasteiger partial charge on any atom is 0.251 e. The number of carbonyl (C=O) groups is 2. The van der Waals surface area contributed by atoms with Gasteiger partial charge in [0.2, 0.25) is 15.9 Å². The van der Waals surface area contributed by atoms with Crippen LogP contribution in [0.1, 0.15) is 10.4 Å². The second-order valence-corrected chi connectivity index (χ2v) is 7.03. The normalized spacial score (nSPS) is 10.7.